The van der Waals surface area contributed by atoms with Crippen LogP contribution in [0.4, 0.5) is 11.6 Å². The SMILES string of the molecule is Cn1c(SCC(=O)O)nnc1N1CCCc2ccccc21. The summed E-state index contributed by atoms with van der Waals surface area (Å²) in [5.74, 6) is -0.106. The minimum absolute atomic E-state index is 0.0113. The Kier molecular flexibility index (Phi) is 3.83. The van der Waals surface area contributed by atoms with E-state index < -0.39 is 5.97 Å². The second kappa shape index (κ2) is 5.77. The number of thioether (sulfide) groups is 1. The van der Waals surface area contributed by atoms with Gasteiger partial charge in [-0.25, -0.2) is 0 Å². The molecule has 1 aromatic carbocycles. The number of carbonyl (C=O) groups is 1. The van der Waals surface area contributed by atoms with Gasteiger partial charge in [-0.1, -0.05) is 30.0 Å². The number of carboxylic acids is 1. The molecule has 0 saturated carbocycles. The van der Waals surface area contributed by atoms with Gasteiger partial charge in [0.15, 0.2) is 5.16 Å². The number of carboxylic acid groups (broad SMARTS) is 1. The van der Waals surface area contributed by atoms with Crippen molar-refractivity contribution in [2.45, 2.75) is 18.0 Å². The molecular formula is C14H16N4O2S. The fraction of sp³-hybridized carbons (Fsp3) is 0.357. The van der Waals surface area contributed by atoms with Crippen molar-refractivity contribution in [1.82, 2.24) is 14.8 Å². The van der Waals surface area contributed by atoms with Crippen molar-refractivity contribution in [2.24, 2.45) is 7.05 Å². The van der Waals surface area contributed by atoms with Gasteiger partial charge in [0.25, 0.3) is 0 Å². The van der Waals surface area contributed by atoms with Crippen molar-refractivity contribution in [3.05, 3.63) is 29.8 Å². The molecule has 0 amide bonds. The van der Waals surface area contributed by atoms with Crippen LogP contribution in [0.25, 0.3) is 0 Å². The summed E-state index contributed by atoms with van der Waals surface area (Å²) in [7, 11) is 1.87. The van der Waals surface area contributed by atoms with Gasteiger partial charge in [0, 0.05) is 19.3 Å². The minimum Gasteiger partial charge on any atom is -0.481 e. The van der Waals surface area contributed by atoms with Crippen molar-refractivity contribution >= 4 is 29.4 Å². The lowest BCUT2D eigenvalue weighted by Crippen LogP contribution is -2.26. The van der Waals surface area contributed by atoms with Crippen LogP contribution in [0.1, 0.15) is 12.0 Å². The highest BCUT2D eigenvalue weighted by atomic mass is 32.2. The fourth-order valence-corrected chi connectivity index (χ4v) is 3.16. The number of aromatic nitrogens is 3. The van der Waals surface area contributed by atoms with Crippen LogP contribution in [0.15, 0.2) is 29.4 Å². The van der Waals surface area contributed by atoms with Crippen LogP contribution in [0, 0.1) is 0 Å². The fourth-order valence-electron chi connectivity index (χ4n) is 2.54. The lowest BCUT2D eigenvalue weighted by Gasteiger charge is -2.29. The van der Waals surface area contributed by atoms with Gasteiger partial charge in [-0.3, -0.25) is 9.36 Å². The molecule has 0 fully saturated rings. The number of benzene rings is 1. The second-order valence-electron chi connectivity index (χ2n) is 4.91. The standard InChI is InChI=1S/C14H16N4O2S/c1-17-13(15-16-14(17)21-9-12(19)20)18-8-4-6-10-5-2-3-7-11(10)18/h2-3,5,7H,4,6,8-9H2,1H3,(H,19,20). The third-order valence-corrected chi connectivity index (χ3v) is 4.49. The topological polar surface area (TPSA) is 71.2 Å². The molecule has 1 aliphatic heterocycles. The lowest BCUT2D eigenvalue weighted by molar-refractivity contribution is -0.133. The Labute approximate surface area is 126 Å². The number of rotatable bonds is 4. The third kappa shape index (κ3) is 2.73. The summed E-state index contributed by atoms with van der Waals surface area (Å²) in [6, 6.07) is 8.30. The predicted molar refractivity (Wildman–Crippen MR) is 81.1 cm³/mol. The van der Waals surface area contributed by atoms with Gasteiger partial charge < -0.3 is 10.0 Å². The Morgan fingerprint density at radius 2 is 2.19 bits per heavy atom. The quantitative estimate of drug-likeness (QED) is 0.872. The summed E-state index contributed by atoms with van der Waals surface area (Å²) in [6.45, 7) is 0.895. The van der Waals surface area contributed by atoms with Crippen LogP contribution in [0.3, 0.4) is 0 Å². The van der Waals surface area contributed by atoms with E-state index in [1.54, 1.807) is 0 Å². The van der Waals surface area contributed by atoms with E-state index in [1.807, 2.05) is 23.7 Å². The second-order valence-corrected chi connectivity index (χ2v) is 5.85. The zero-order chi connectivity index (χ0) is 14.8. The Morgan fingerprint density at radius 1 is 1.38 bits per heavy atom. The van der Waals surface area contributed by atoms with E-state index in [2.05, 4.69) is 27.2 Å². The molecule has 0 spiro atoms. The predicted octanol–water partition coefficient (Wildman–Crippen LogP) is 2.08. The summed E-state index contributed by atoms with van der Waals surface area (Å²) in [4.78, 5) is 12.8. The van der Waals surface area contributed by atoms with Crippen molar-refractivity contribution in [3.8, 4) is 0 Å². The monoisotopic (exact) mass is 304 g/mol. The highest BCUT2D eigenvalue weighted by Crippen LogP contribution is 2.33. The molecule has 21 heavy (non-hydrogen) atoms. The molecule has 0 saturated heterocycles. The molecule has 1 N–H and O–H groups in total. The zero-order valence-electron chi connectivity index (χ0n) is 11.7. The number of nitrogens with zero attached hydrogens (tertiary/aromatic N) is 4. The van der Waals surface area contributed by atoms with Gasteiger partial charge in [-0.15, -0.1) is 10.2 Å². The van der Waals surface area contributed by atoms with Crippen LogP contribution in [-0.4, -0.2) is 38.1 Å². The maximum Gasteiger partial charge on any atom is 0.313 e. The Balaban J connectivity index is 1.90. The number of fused-ring (bicyclic) bond motifs is 1. The number of anilines is 2. The molecule has 2 aromatic rings. The zero-order valence-corrected chi connectivity index (χ0v) is 12.5. The summed E-state index contributed by atoms with van der Waals surface area (Å²) >= 11 is 1.18. The van der Waals surface area contributed by atoms with Crippen LogP contribution in [0.2, 0.25) is 0 Å². The molecule has 0 bridgehead atoms. The molecule has 110 valence electrons. The highest BCUT2D eigenvalue weighted by Gasteiger charge is 2.23. The molecule has 2 heterocycles. The van der Waals surface area contributed by atoms with E-state index in [1.165, 1.54) is 17.3 Å². The Morgan fingerprint density at radius 3 is 3.00 bits per heavy atom. The van der Waals surface area contributed by atoms with Crippen LogP contribution in [-0.2, 0) is 18.3 Å². The van der Waals surface area contributed by atoms with E-state index >= 15 is 0 Å². The maximum absolute atomic E-state index is 10.7. The van der Waals surface area contributed by atoms with E-state index in [9.17, 15) is 4.79 Å². The molecule has 3 rings (SSSR count). The number of aliphatic carboxylic acids is 1. The first-order valence-corrected chi connectivity index (χ1v) is 7.75. The Bertz CT molecular complexity index is 671. The highest BCUT2D eigenvalue weighted by molar-refractivity contribution is 7.99. The van der Waals surface area contributed by atoms with Crippen LogP contribution >= 0.6 is 11.8 Å². The molecule has 6 nitrogen and oxygen atoms in total. The smallest absolute Gasteiger partial charge is 0.313 e. The number of para-hydroxylation sites is 1. The molecule has 0 aliphatic carbocycles. The first kappa shape index (κ1) is 13.9. The molecule has 1 aliphatic rings. The van der Waals surface area contributed by atoms with E-state index in [4.69, 9.17) is 5.11 Å². The average Bonchev–Trinajstić information content (AvgIpc) is 2.85. The largest absolute Gasteiger partial charge is 0.481 e. The van der Waals surface area contributed by atoms with E-state index in [-0.39, 0.29) is 5.75 Å². The number of hydrogen-bond acceptors (Lipinski definition) is 5. The first-order chi connectivity index (χ1) is 10.2. The third-order valence-electron chi connectivity index (χ3n) is 3.49. The van der Waals surface area contributed by atoms with Gasteiger partial charge in [0.05, 0.1) is 5.75 Å². The first-order valence-electron chi connectivity index (χ1n) is 6.76. The average molecular weight is 304 g/mol. The lowest BCUT2D eigenvalue weighted by atomic mass is 10.0. The molecule has 0 unspecified atom stereocenters. The van der Waals surface area contributed by atoms with Crippen molar-refractivity contribution in [3.63, 3.8) is 0 Å². The normalized spacial score (nSPS) is 14.0. The van der Waals surface area contributed by atoms with Gasteiger partial charge in [-0.2, -0.15) is 0 Å². The summed E-state index contributed by atoms with van der Waals surface area (Å²) in [6.07, 6.45) is 2.15. The summed E-state index contributed by atoms with van der Waals surface area (Å²) < 4.78 is 1.86. The summed E-state index contributed by atoms with van der Waals surface area (Å²) in [5.41, 5.74) is 2.47. The maximum atomic E-state index is 10.7. The van der Waals surface area contributed by atoms with E-state index in [0.29, 0.717) is 5.16 Å². The van der Waals surface area contributed by atoms with Crippen molar-refractivity contribution in [1.29, 1.82) is 0 Å². The van der Waals surface area contributed by atoms with E-state index in [0.717, 1.165) is 31.0 Å². The molecule has 7 heteroatoms. The summed E-state index contributed by atoms with van der Waals surface area (Å²) in [5, 5.41) is 17.7. The molecule has 0 atom stereocenters. The molecule has 1 aromatic heterocycles. The van der Waals surface area contributed by atoms with Gasteiger partial charge >= 0.3 is 5.97 Å². The van der Waals surface area contributed by atoms with Gasteiger partial charge in [-0.05, 0) is 24.5 Å². The van der Waals surface area contributed by atoms with Gasteiger partial charge in [0.2, 0.25) is 5.95 Å². The van der Waals surface area contributed by atoms with Crippen molar-refractivity contribution < 1.29 is 9.90 Å². The molecule has 0 radical (unpaired) electrons. The van der Waals surface area contributed by atoms with Gasteiger partial charge in [0.1, 0.15) is 0 Å². The van der Waals surface area contributed by atoms with Crippen LogP contribution < -0.4 is 4.90 Å². The molecular weight excluding hydrogens is 288 g/mol. The number of aryl methyl sites for hydroxylation is 1. The minimum atomic E-state index is -0.854. The Hall–Kier alpha value is -2.02. The van der Waals surface area contributed by atoms with Crippen LogP contribution in [0.5, 0.6) is 0 Å². The van der Waals surface area contributed by atoms with Crippen molar-refractivity contribution in [2.75, 3.05) is 17.2 Å². The number of hydrogen-bond donors (Lipinski definition) is 1.